The van der Waals surface area contributed by atoms with Crippen LogP contribution in [0.2, 0.25) is 5.02 Å². The van der Waals surface area contributed by atoms with Crippen molar-refractivity contribution in [3.05, 3.63) is 23.2 Å². The summed E-state index contributed by atoms with van der Waals surface area (Å²) in [5, 5.41) is 0.417. The molecule has 2 atom stereocenters. The van der Waals surface area contributed by atoms with E-state index < -0.39 is 16.1 Å². The standard InChI is InChI=1S/C16H21ClN2O4S/c1-11-4-3-7-18(9-11)16(20)15-10-19(24(2,21)22)13-8-12(17)5-6-14(13)23-15/h5-6,8,11,15H,3-4,7,9-10H2,1-2H3/t11-,15-/m1/s1. The van der Waals surface area contributed by atoms with Crippen LogP contribution in [0.25, 0.3) is 0 Å². The quantitative estimate of drug-likeness (QED) is 0.797. The number of sulfonamides is 1. The Labute approximate surface area is 147 Å². The van der Waals surface area contributed by atoms with Crippen molar-refractivity contribution in [2.75, 3.05) is 30.2 Å². The number of benzene rings is 1. The molecule has 0 saturated carbocycles. The first-order valence-electron chi connectivity index (χ1n) is 7.98. The zero-order chi connectivity index (χ0) is 17.5. The fourth-order valence-corrected chi connectivity index (χ4v) is 4.33. The Kier molecular flexibility index (Phi) is 4.66. The van der Waals surface area contributed by atoms with Crippen molar-refractivity contribution in [2.45, 2.75) is 25.9 Å². The lowest BCUT2D eigenvalue weighted by atomic mass is 10.00. The Bertz CT molecular complexity index is 752. The van der Waals surface area contributed by atoms with Gasteiger partial charge in [-0.3, -0.25) is 9.10 Å². The highest BCUT2D eigenvalue weighted by Crippen LogP contribution is 2.37. The second-order valence-corrected chi connectivity index (χ2v) is 8.89. The van der Waals surface area contributed by atoms with Crippen LogP contribution < -0.4 is 9.04 Å². The second kappa shape index (κ2) is 6.44. The lowest BCUT2D eigenvalue weighted by molar-refractivity contribution is -0.140. The molecule has 1 fully saturated rings. The number of likely N-dealkylation sites (tertiary alicyclic amines) is 1. The molecular formula is C16H21ClN2O4S. The number of nitrogens with zero attached hydrogens (tertiary/aromatic N) is 2. The lowest BCUT2D eigenvalue weighted by Crippen LogP contribution is -2.53. The normalized spacial score (nSPS) is 24.3. The van der Waals surface area contributed by atoms with Gasteiger partial charge in [0.1, 0.15) is 5.75 Å². The van der Waals surface area contributed by atoms with Crippen LogP contribution in [0.1, 0.15) is 19.8 Å². The molecule has 0 bridgehead atoms. The molecule has 0 N–H and O–H groups in total. The number of fused-ring (bicyclic) bond motifs is 1. The molecule has 1 aromatic rings. The van der Waals surface area contributed by atoms with E-state index in [4.69, 9.17) is 16.3 Å². The van der Waals surface area contributed by atoms with Crippen molar-refractivity contribution in [2.24, 2.45) is 5.92 Å². The number of ether oxygens (including phenoxy) is 1. The van der Waals surface area contributed by atoms with E-state index in [0.29, 0.717) is 35.5 Å². The summed E-state index contributed by atoms with van der Waals surface area (Å²) in [4.78, 5) is 14.6. The molecule has 2 aliphatic heterocycles. The summed E-state index contributed by atoms with van der Waals surface area (Å²) in [6.45, 7) is 3.46. The van der Waals surface area contributed by atoms with Gasteiger partial charge in [0.15, 0.2) is 6.10 Å². The van der Waals surface area contributed by atoms with Crippen LogP contribution in [-0.4, -0.2) is 51.2 Å². The number of halogens is 1. The SMILES string of the molecule is C[C@@H]1CCCN(C(=O)[C@H]2CN(S(C)(=O)=O)c3cc(Cl)ccc3O2)C1. The molecule has 2 heterocycles. The third kappa shape index (κ3) is 3.47. The Hall–Kier alpha value is -1.47. The molecule has 0 aromatic heterocycles. The molecule has 0 radical (unpaired) electrons. The van der Waals surface area contributed by atoms with Gasteiger partial charge in [-0.05, 0) is 37.0 Å². The first-order valence-corrected chi connectivity index (χ1v) is 10.2. The summed E-state index contributed by atoms with van der Waals surface area (Å²) in [6, 6.07) is 4.77. The molecule has 2 aliphatic rings. The highest BCUT2D eigenvalue weighted by Gasteiger charge is 2.37. The third-order valence-electron chi connectivity index (χ3n) is 4.44. The van der Waals surface area contributed by atoms with Gasteiger partial charge in [-0.15, -0.1) is 0 Å². The minimum Gasteiger partial charge on any atom is -0.476 e. The first kappa shape index (κ1) is 17.4. The molecule has 3 rings (SSSR count). The molecule has 132 valence electrons. The smallest absolute Gasteiger partial charge is 0.265 e. The van der Waals surface area contributed by atoms with Crippen molar-refractivity contribution >= 4 is 33.2 Å². The number of carbonyl (C=O) groups excluding carboxylic acids is 1. The lowest BCUT2D eigenvalue weighted by Gasteiger charge is -2.38. The maximum atomic E-state index is 12.8. The fourth-order valence-electron chi connectivity index (χ4n) is 3.26. The van der Waals surface area contributed by atoms with Crippen LogP contribution in [0.3, 0.4) is 0 Å². The van der Waals surface area contributed by atoms with E-state index in [1.807, 2.05) is 0 Å². The van der Waals surface area contributed by atoms with Gasteiger partial charge in [-0.2, -0.15) is 0 Å². The summed E-state index contributed by atoms with van der Waals surface area (Å²) in [7, 11) is -3.54. The topological polar surface area (TPSA) is 66.9 Å². The first-order chi connectivity index (χ1) is 11.3. The van der Waals surface area contributed by atoms with E-state index in [1.54, 1.807) is 23.1 Å². The molecular weight excluding hydrogens is 352 g/mol. The second-order valence-electron chi connectivity index (χ2n) is 6.54. The summed E-state index contributed by atoms with van der Waals surface area (Å²) in [6.07, 6.45) is 2.35. The van der Waals surface area contributed by atoms with Crippen molar-refractivity contribution in [3.63, 3.8) is 0 Å². The molecule has 1 saturated heterocycles. The Morgan fingerprint density at radius 3 is 2.75 bits per heavy atom. The minimum atomic E-state index is -3.54. The van der Waals surface area contributed by atoms with Crippen LogP contribution in [0.15, 0.2) is 18.2 Å². The van der Waals surface area contributed by atoms with Gasteiger partial charge in [0.2, 0.25) is 10.0 Å². The molecule has 0 unspecified atom stereocenters. The van der Waals surface area contributed by atoms with Gasteiger partial charge in [0.25, 0.3) is 5.91 Å². The zero-order valence-corrected chi connectivity index (χ0v) is 15.3. The Balaban J connectivity index is 1.89. The number of carbonyl (C=O) groups is 1. The predicted octanol–water partition coefficient (Wildman–Crippen LogP) is 2.13. The number of rotatable bonds is 2. The minimum absolute atomic E-state index is 0.0319. The fraction of sp³-hybridized carbons (Fsp3) is 0.562. The van der Waals surface area contributed by atoms with E-state index in [-0.39, 0.29) is 12.5 Å². The molecule has 24 heavy (non-hydrogen) atoms. The van der Waals surface area contributed by atoms with E-state index in [9.17, 15) is 13.2 Å². The van der Waals surface area contributed by atoms with Crippen molar-refractivity contribution in [1.82, 2.24) is 4.90 Å². The average molecular weight is 373 g/mol. The van der Waals surface area contributed by atoms with Gasteiger partial charge in [-0.1, -0.05) is 18.5 Å². The summed E-state index contributed by atoms with van der Waals surface area (Å²) in [5.41, 5.74) is 0.376. The summed E-state index contributed by atoms with van der Waals surface area (Å²) in [5.74, 6) is 0.652. The molecule has 0 spiro atoms. The Morgan fingerprint density at radius 2 is 2.08 bits per heavy atom. The van der Waals surface area contributed by atoms with Crippen molar-refractivity contribution in [1.29, 1.82) is 0 Å². The number of anilines is 1. The monoisotopic (exact) mass is 372 g/mol. The van der Waals surface area contributed by atoms with Crippen LogP contribution >= 0.6 is 11.6 Å². The van der Waals surface area contributed by atoms with Gasteiger partial charge in [0.05, 0.1) is 18.5 Å². The average Bonchev–Trinajstić information content (AvgIpc) is 2.52. The van der Waals surface area contributed by atoms with Crippen molar-refractivity contribution in [3.8, 4) is 5.75 Å². The molecule has 0 aliphatic carbocycles. The van der Waals surface area contributed by atoms with Gasteiger partial charge < -0.3 is 9.64 Å². The van der Waals surface area contributed by atoms with E-state index in [0.717, 1.165) is 19.1 Å². The number of hydrogen-bond donors (Lipinski definition) is 0. The van der Waals surface area contributed by atoms with E-state index in [1.165, 1.54) is 4.31 Å². The van der Waals surface area contributed by atoms with Crippen molar-refractivity contribution < 1.29 is 17.9 Å². The molecule has 6 nitrogen and oxygen atoms in total. The molecule has 1 aromatic carbocycles. The largest absolute Gasteiger partial charge is 0.476 e. The van der Waals surface area contributed by atoms with Gasteiger partial charge in [-0.25, -0.2) is 8.42 Å². The number of piperidine rings is 1. The van der Waals surface area contributed by atoms with Gasteiger partial charge in [0, 0.05) is 18.1 Å². The molecule has 8 heteroatoms. The zero-order valence-electron chi connectivity index (χ0n) is 13.7. The highest BCUT2D eigenvalue weighted by atomic mass is 35.5. The molecule has 1 amide bonds. The maximum absolute atomic E-state index is 12.8. The Morgan fingerprint density at radius 1 is 1.33 bits per heavy atom. The highest BCUT2D eigenvalue weighted by molar-refractivity contribution is 7.92. The van der Waals surface area contributed by atoms with E-state index in [2.05, 4.69) is 6.92 Å². The summed E-state index contributed by atoms with van der Waals surface area (Å²) < 4.78 is 31.3. The summed E-state index contributed by atoms with van der Waals surface area (Å²) >= 11 is 5.98. The number of hydrogen-bond acceptors (Lipinski definition) is 4. The van der Waals surface area contributed by atoms with Crippen LogP contribution in [0.4, 0.5) is 5.69 Å². The van der Waals surface area contributed by atoms with Crippen LogP contribution in [-0.2, 0) is 14.8 Å². The van der Waals surface area contributed by atoms with E-state index >= 15 is 0 Å². The number of amides is 1. The third-order valence-corrected chi connectivity index (χ3v) is 5.82. The van der Waals surface area contributed by atoms with Crippen LogP contribution in [0, 0.1) is 5.92 Å². The van der Waals surface area contributed by atoms with Crippen LogP contribution in [0.5, 0.6) is 5.75 Å². The maximum Gasteiger partial charge on any atom is 0.265 e. The predicted molar refractivity (Wildman–Crippen MR) is 93.0 cm³/mol. The van der Waals surface area contributed by atoms with Gasteiger partial charge >= 0.3 is 0 Å².